The van der Waals surface area contributed by atoms with Crippen molar-refractivity contribution < 1.29 is 44.8 Å². The monoisotopic (exact) mass is 1090 g/mol. The summed E-state index contributed by atoms with van der Waals surface area (Å²) < 4.78 is 0. The van der Waals surface area contributed by atoms with Gasteiger partial charge in [-0.25, -0.2) is 0 Å². The minimum Gasteiger partial charge on any atom is -0.366 e. The van der Waals surface area contributed by atoms with Gasteiger partial charge in [0.15, 0.2) is 5.90 Å². The molecule has 300 valence electrons. The topological polar surface area (TPSA) is 0 Å². The van der Waals surface area contributed by atoms with Crippen LogP contribution in [0.3, 0.4) is 0 Å². The van der Waals surface area contributed by atoms with Gasteiger partial charge in [-0.15, -0.1) is 23.3 Å². The van der Waals surface area contributed by atoms with Crippen molar-refractivity contribution in [3.63, 3.8) is 0 Å². The van der Waals surface area contributed by atoms with E-state index >= 15 is 0 Å². The number of hydrogen-bond donors (Lipinski definition) is 0. The van der Waals surface area contributed by atoms with Crippen molar-refractivity contribution in [3.05, 3.63) is 254 Å². The van der Waals surface area contributed by atoms with Gasteiger partial charge in [-0.05, 0) is 80.8 Å². The fraction of sp³-hybridized carbons (Fsp3) is 0.0175. The summed E-state index contributed by atoms with van der Waals surface area (Å²) in [6, 6.07) is 81.3. The molecule has 0 saturated heterocycles. The molecule has 0 amide bonds. The molecule has 0 nitrogen and oxygen atoms in total. The largest absolute Gasteiger partial charge is 1.00 e. The van der Waals surface area contributed by atoms with E-state index in [9.17, 15) is 0 Å². The van der Waals surface area contributed by atoms with E-state index in [2.05, 4.69) is 194 Å². The van der Waals surface area contributed by atoms with Gasteiger partial charge in [-0.2, -0.15) is 0 Å². The minimum absolute atomic E-state index is 0. The van der Waals surface area contributed by atoms with Crippen LogP contribution in [0.2, 0.25) is 0 Å². The molecule has 0 N–H and O–H groups in total. The predicted octanol–water partition coefficient (Wildman–Crippen LogP) is 12.5. The van der Waals surface area contributed by atoms with E-state index in [0.717, 1.165) is 32.7 Å². The number of rotatable bonds is 6. The molecule has 4 heteroatoms. The molecule has 0 aliphatic rings. The summed E-state index contributed by atoms with van der Waals surface area (Å²) in [6.07, 6.45) is 14.7. The van der Waals surface area contributed by atoms with Crippen LogP contribution in [0.15, 0.2) is 231 Å². The molecule has 0 spiro atoms. The second-order valence-electron chi connectivity index (χ2n) is 14.2. The molecule has 61 heavy (non-hydrogen) atoms. The van der Waals surface area contributed by atoms with Gasteiger partial charge in [0.2, 0.25) is 0 Å². The SMILES string of the molecule is [Ag+].[Au+].[C-]#Cc1cccc2ccc3ccccc3c12.[C-]#Cc1cccc2ccc3ccccc3c12.c1ccc([PH+](C[PH+](c2ccccc2)c2ccccc2)c2ccccc2)cc1. The van der Waals surface area contributed by atoms with Crippen molar-refractivity contribution >= 4 is 80.2 Å². The van der Waals surface area contributed by atoms with Gasteiger partial charge in [0.25, 0.3) is 0 Å². The Hall–Kier alpha value is -5.30. The minimum atomic E-state index is -0.847. The molecule has 0 unspecified atom stereocenters. The first kappa shape index (κ1) is 45.2. The van der Waals surface area contributed by atoms with Crippen molar-refractivity contribution in [2.75, 3.05) is 5.90 Å². The summed E-state index contributed by atoms with van der Waals surface area (Å²) in [5.41, 5.74) is 1.71. The molecule has 0 aromatic heterocycles. The molecule has 0 aliphatic carbocycles. The van der Waals surface area contributed by atoms with Crippen LogP contribution in [0, 0.1) is 24.7 Å². The first-order chi connectivity index (χ1) is 29.2. The van der Waals surface area contributed by atoms with Crippen molar-refractivity contribution in [2.24, 2.45) is 0 Å². The van der Waals surface area contributed by atoms with Gasteiger partial charge in [0, 0.05) is 0 Å². The Kier molecular flexibility index (Phi) is 16.7. The molecule has 0 radical (unpaired) electrons. The van der Waals surface area contributed by atoms with Crippen LogP contribution in [-0.2, 0) is 44.8 Å². The maximum atomic E-state index is 7.35. The molecule has 10 aromatic carbocycles. The third-order valence-electron chi connectivity index (χ3n) is 10.7. The number of benzene rings is 10. The third-order valence-corrected chi connectivity index (χ3v) is 17.6. The van der Waals surface area contributed by atoms with Crippen LogP contribution < -0.4 is 21.2 Å². The zero-order valence-electron chi connectivity index (χ0n) is 33.2. The normalized spacial score (nSPS) is 10.4. The molecular weight excluding hydrogens is 1050 g/mol. The van der Waals surface area contributed by atoms with E-state index in [4.69, 9.17) is 12.8 Å². The van der Waals surface area contributed by atoms with Gasteiger partial charge in [-0.3, -0.25) is 11.8 Å². The third kappa shape index (κ3) is 10.8. The van der Waals surface area contributed by atoms with Crippen LogP contribution in [0.4, 0.5) is 0 Å². The Labute approximate surface area is 394 Å². The first-order valence-corrected chi connectivity index (χ1v) is 23.2. The summed E-state index contributed by atoms with van der Waals surface area (Å²) in [4.78, 5) is 0. The average Bonchev–Trinajstić information content (AvgIpc) is 3.33. The molecule has 0 aliphatic heterocycles. The molecular formula is C57H42AgAuP2+2. The molecule has 10 aromatic rings. The van der Waals surface area contributed by atoms with Gasteiger partial charge < -0.3 is 12.8 Å². The van der Waals surface area contributed by atoms with Crippen LogP contribution >= 0.6 is 15.8 Å². The standard InChI is InChI=1S/C25H22P2.2C16H9.Ag.Au/c1-5-13-22(14-6-1)26(23-15-7-2-8-16-23)21-27(24-17-9-3-10-18-24)25-19-11-4-12-20-25;2*1-2-12-7-5-8-14-11-10-13-6-3-4-9-15(13)16(12)14;;/h1-20H,21H2;2*3-11H;;/q;2*-1;2*+1/p+2. The van der Waals surface area contributed by atoms with Gasteiger partial charge in [0.1, 0.15) is 37.1 Å². The zero-order chi connectivity index (χ0) is 40.2. The van der Waals surface area contributed by atoms with Crippen molar-refractivity contribution in [1.29, 1.82) is 0 Å². The molecule has 0 atom stereocenters. The maximum Gasteiger partial charge on any atom is 1.00 e. The van der Waals surface area contributed by atoms with E-state index in [1.54, 1.807) is 0 Å². The fourth-order valence-electron chi connectivity index (χ4n) is 7.80. The fourth-order valence-corrected chi connectivity index (χ4v) is 15.5. The van der Waals surface area contributed by atoms with E-state index in [1.165, 1.54) is 48.7 Å². The van der Waals surface area contributed by atoms with Crippen molar-refractivity contribution in [2.45, 2.75) is 0 Å². The second-order valence-corrected chi connectivity index (χ2v) is 19.9. The average molecular weight is 1090 g/mol. The van der Waals surface area contributed by atoms with Crippen LogP contribution in [-0.4, -0.2) is 5.90 Å². The van der Waals surface area contributed by atoms with E-state index < -0.39 is 15.8 Å². The van der Waals surface area contributed by atoms with Crippen LogP contribution in [0.5, 0.6) is 0 Å². The smallest absolute Gasteiger partial charge is 0.366 e. The number of fused-ring (bicyclic) bond motifs is 6. The Morgan fingerprint density at radius 3 is 0.918 bits per heavy atom. The zero-order valence-corrected chi connectivity index (χ0v) is 38.9. The van der Waals surface area contributed by atoms with Crippen LogP contribution in [0.1, 0.15) is 11.1 Å². The van der Waals surface area contributed by atoms with E-state index in [1.807, 2.05) is 48.5 Å². The maximum absolute atomic E-state index is 7.35. The Morgan fingerprint density at radius 2 is 0.590 bits per heavy atom. The first-order valence-electron chi connectivity index (χ1n) is 19.8. The van der Waals surface area contributed by atoms with E-state index in [-0.39, 0.29) is 44.8 Å². The second kappa shape index (κ2) is 22.5. The van der Waals surface area contributed by atoms with Crippen molar-refractivity contribution in [3.8, 4) is 11.8 Å². The number of hydrogen-bond acceptors (Lipinski definition) is 0. The molecule has 10 rings (SSSR count). The van der Waals surface area contributed by atoms with Crippen molar-refractivity contribution in [1.82, 2.24) is 0 Å². The summed E-state index contributed by atoms with van der Waals surface area (Å²) in [7, 11) is -1.69. The van der Waals surface area contributed by atoms with Gasteiger partial charge in [-0.1, -0.05) is 181 Å². The molecule has 0 bridgehead atoms. The molecule has 0 heterocycles. The Morgan fingerprint density at radius 1 is 0.311 bits per heavy atom. The summed E-state index contributed by atoms with van der Waals surface area (Å²) in [5, 5.41) is 15.4. The van der Waals surface area contributed by atoms with Gasteiger partial charge in [0.05, 0.1) is 0 Å². The molecule has 0 saturated carbocycles. The quantitative estimate of drug-likeness (QED) is 0.0512. The summed E-state index contributed by atoms with van der Waals surface area (Å²) in [6.45, 7) is 0. The van der Waals surface area contributed by atoms with Gasteiger partial charge >= 0.3 is 44.8 Å². The predicted molar refractivity (Wildman–Crippen MR) is 261 cm³/mol. The Bertz CT molecular complexity index is 2760. The molecule has 0 fully saturated rings. The van der Waals surface area contributed by atoms with Crippen LogP contribution in [0.25, 0.3) is 43.1 Å². The Balaban J connectivity index is 0.000000159. The summed E-state index contributed by atoms with van der Waals surface area (Å²) >= 11 is 0. The van der Waals surface area contributed by atoms with E-state index in [0.29, 0.717) is 0 Å². The summed E-state index contributed by atoms with van der Waals surface area (Å²) in [5.74, 6) is 6.27.